The molecule has 5 nitrogen and oxygen atoms in total. The minimum Gasteiger partial charge on any atom is -0.504 e. The number of carbonyl (C=O) groups is 1. The number of hydrogen-bond donors (Lipinski definition) is 2. The van der Waals surface area contributed by atoms with Gasteiger partial charge < -0.3 is 19.9 Å². The summed E-state index contributed by atoms with van der Waals surface area (Å²) in [7, 11) is 3.11. The van der Waals surface area contributed by atoms with E-state index in [-0.39, 0.29) is 11.7 Å². The van der Waals surface area contributed by atoms with Crippen molar-refractivity contribution in [2.24, 2.45) is 0 Å². The number of hydrogen-bond acceptors (Lipinski definition) is 4. The van der Waals surface area contributed by atoms with Crippen LogP contribution in [0.1, 0.15) is 11.1 Å². The molecule has 2 N–H and O–H groups in total. The second-order valence-electron chi connectivity index (χ2n) is 5.16. The standard InChI is InChI=1S/C19H21NO4/c1-23-16-5-3-4-14(12-16)10-11-20-19(22)9-7-15-6-8-17(21)18(13-15)24-2/h3-9,12-13,21H,10-11H2,1-2H3,(H,20,22)/b9-7+. The number of carbonyl (C=O) groups excluding carboxylic acids is 1. The van der Waals surface area contributed by atoms with Crippen molar-refractivity contribution in [1.82, 2.24) is 5.32 Å². The smallest absolute Gasteiger partial charge is 0.244 e. The molecule has 0 heterocycles. The third kappa shape index (κ3) is 5.05. The summed E-state index contributed by atoms with van der Waals surface area (Å²) in [5.74, 6) is 1.07. The molecule has 0 aliphatic carbocycles. The molecule has 0 unspecified atom stereocenters. The third-order valence-electron chi connectivity index (χ3n) is 3.48. The Morgan fingerprint density at radius 3 is 2.75 bits per heavy atom. The number of phenolic OH excluding ortho intramolecular Hbond substituents is 1. The fourth-order valence-electron chi connectivity index (χ4n) is 2.19. The van der Waals surface area contributed by atoms with Gasteiger partial charge in [0.05, 0.1) is 14.2 Å². The molecule has 0 aliphatic heterocycles. The molecule has 2 aromatic carbocycles. The molecular formula is C19H21NO4. The first-order chi connectivity index (χ1) is 11.6. The lowest BCUT2D eigenvalue weighted by atomic mass is 10.1. The van der Waals surface area contributed by atoms with E-state index >= 15 is 0 Å². The van der Waals surface area contributed by atoms with Crippen LogP contribution >= 0.6 is 0 Å². The first kappa shape index (κ1) is 17.4. The van der Waals surface area contributed by atoms with E-state index in [0.29, 0.717) is 12.3 Å². The lowest BCUT2D eigenvalue weighted by Gasteiger charge is -2.05. The van der Waals surface area contributed by atoms with Crippen LogP contribution in [0.5, 0.6) is 17.2 Å². The summed E-state index contributed by atoms with van der Waals surface area (Å²) in [6.45, 7) is 0.537. The summed E-state index contributed by atoms with van der Waals surface area (Å²) in [5.41, 5.74) is 1.87. The minimum absolute atomic E-state index is 0.0670. The second kappa shape index (κ2) is 8.62. The summed E-state index contributed by atoms with van der Waals surface area (Å²) >= 11 is 0. The van der Waals surface area contributed by atoms with Crippen molar-refractivity contribution < 1.29 is 19.4 Å². The SMILES string of the molecule is COc1cccc(CCNC(=O)/C=C/c2ccc(O)c(OC)c2)c1. The van der Waals surface area contributed by atoms with Gasteiger partial charge in [0.15, 0.2) is 11.5 Å². The fourth-order valence-corrected chi connectivity index (χ4v) is 2.19. The molecule has 0 atom stereocenters. The molecule has 1 amide bonds. The summed E-state index contributed by atoms with van der Waals surface area (Å²) < 4.78 is 10.2. The second-order valence-corrected chi connectivity index (χ2v) is 5.16. The highest BCUT2D eigenvalue weighted by Gasteiger charge is 2.02. The Morgan fingerprint density at radius 2 is 2.00 bits per heavy atom. The molecule has 0 saturated carbocycles. The zero-order valence-electron chi connectivity index (χ0n) is 13.8. The van der Waals surface area contributed by atoms with Gasteiger partial charge in [-0.2, -0.15) is 0 Å². The quantitative estimate of drug-likeness (QED) is 0.767. The van der Waals surface area contributed by atoms with Gasteiger partial charge in [0.2, 0.25) is 5.91 Å². The van der Waals surface area contributed by atoms with Gasteiger partial charge in [-0.05, 0) is 47.9 Å². The monoisotopic (exact) mass is 327 g/mol. The Kier molecular flexibility index (Phi) is 6.25. The van der Waals surface area contributed by atoms with Gasteiger partial charge >= 0.3 is 0 Å². The average Bonchev–Trinajstić information content (AvgIpc) is 2.61. The number of amides is 1. The topological polar surface area (TPSA) is 67.8 Å². The molecule has 0 aliphatic rings. The Labute approximate surface area is 141 Å². The van der Waals surface area contributed by atoms with Crippen molar-refractivity contribution in [3.8, 4) is 17.2 Å². The number of rotatable bonds is 7. The molecule has 126 valence electrons. The summed E-state index contributed by atoms with van der Waals surface area (Å²) in [5, 5.41) is 12.4. The summed E-state index contributed by atoms with van der Waals surface area (Å²) in [6.07, 6.45) is 3.85. The molecule has 24 heavy (non-hydrogen) atoms. The number of ether oxygens (including phenoxy) is 2. The van der Waals surface area contributed by atoms with E-state index in [1.807, 2.05) is 24.3 Å². The van der Waals surface area contributed by atoms with Crippen LogP contribution in [0.25, 0.3) is 6.08 Å². The Balaban J connectivity index is 1.84. The van der Waals surface area contributed by atoms with Crippen molar-refractivity contribution in [1.29, 1.82) is 0 Å². The van der Waals surface area contributed by atoms with Crippen LogP contribution in [0.2, 0.25) is 0 Å². The number of benzene rings is 2. The lowest BCUT2D eigenvalue weighted by molar-refractivity contribution is -0.116. The molecule has 0 fully saturated rings. The molecule has 0 radical (unpaired) electrons. The fraction of sp³-hybridized carbons (Fsp3) is 0.211. The zero-order chi connectivity index (χ0) is 17.4. The highest BCUT2D eigenvalue weighted by atomic mass is 16.5. The van der Waals surface area contributed by atoms with Crippen LogP contribution in [0, 0.1) is 0 Å². The van der Waals surface area contributed by atoms with Crippen LogP contribution in [0.15, 0.2) is 48.5 Å². The van der Waals surface area contributed by atoms with E-state index in [9.17, 15) is 9.90 Å². The van der Waals surface area contributed by atoms with Gasteiger partial charge in [0.25, 0.3) is 0 Å². The van der Waals surface area contributed by atoms with E-state index in [2.05, 4.69) is 5.32 Å². The van der Waals surface area contributed by atoms with Crippen molar-refractivity contribution in [3.05, 3.63) is 59.7 Å². The van der Waals surface area contributed by atoms with Crippen molar-refractivity contribution in [3.63, 3.8) is 0 Å². The van der Waals surface area contributed by atoms with Crippen LogP contribution < -0.4 is 14.8 Å². The molecule has 0 aromatic heterocycles. The van der Waals surface area contributed by atoms with Crippen LogP contribution in [0.4, 0.5) is 0 Å². The van der Waals surface area contributed by atoms with Crippen LogP contribution in [0.3, 0.4) is 0 Å². The number of phenols is 1. The largest absolute Gasteiger partial charge is 0.504 e. The first-order valence-corrected chi connectivity index (χ1v) is 7.58. The molecule has 0 saturated heterocycles. The summed E-state index contributed by atoms with van der Waals surface area (Å²) in [6, 6.07) is 12.6. The molecule has 0 spiro atoms. The van der Waals surface area contributed by atoms with Crippen LogP contribution in [-0.2, 0) is 11.2 Å². The van der Waals surface area contributed by atoms with E-state index < -0.39 is 0 Å². The Morgan fingerprint density at radius 1 is 1.17 bits per heavy atom. The molecule has 0 bridgehead atoms. The normalized spacial score (nSPS) is 10.6. The average molecular weight is 327 g/mol. The van der Waals surface area contributed by atoms with Crippen LogP contribution in [-0.4, -0.2) is 31.8 Å². The summed E-state index contributed by atoms with van der Waals surface area (Å²) in [4.78, 5) is 11.8. The van der Waals surface area contributed by atoms with E-state index in [1.54, 1.807) is 25.3 Å². The maximum Gasteiger partial charge on any atom is 0.244 e. The van der Waals surface area contributed by atoms with Crippen molar-refractivity contribution in [2.75, 3.05) is 20.8 Å². The Hall–Kier alpha value is -2.95. The number of methoxy groups -OCH3 is 2. The van der Waals surface area contributed by atoms with E-state index in [4.69, 9.17) is 9.47 Å². The van der Waals surface area contributed by atoms with Gasteiger partial charge in [0.1, 0.15) is 5.75 Å². The van der Waals surface area contributed by atoms with Crippen molar-refractivity contribution >= 4 is 12.0 Å². The van der Waals surface area contributed by atoms with Gasteiger partial charge in [0, 0.05) is 12.6 Å². The maximum absolute atomic E-state index is 11.8. The molecule has 5 heteroatoms. The third-order valence-corrected chi connectivity index (χ3v) is 3.48. The number of nitrogens with one attached hydrogen (secondary N) is 1. The Bertz CT molecular complexity index is 725. The highest BCUT2D eigenvalue weighted by molar-refractivity contribution is 5.91. The molecule has 2 rings (SSSR count). The predicted molar refractivity (Wildman–Crippen MR) is 93.4 cm³/mol. The first-order valence-electron chi connectivity index (χ1n) is 7.58. The highest BCUT2D eigenvalue weighted by Crippen LogP contribution is 2.26. The van der Waals surface area contributed by atoms with Gasteiger partial charge in [-0.15, -0.1) is 0 Å². The van der Waals surface area contributed by atoms with Gasteiger partial charge in [-0.1, -0.05) is 18.2 Å². The van der Waals surface area contributed by atoms with Crippen molar-refractivity contribution in [2.45, 2.75) is 6.42 Å². The van der Waals surface area contributed by atoms with E-state index in [1.165, 1.54) is 19.3 Å². The molecule has 2 aromatic rings. The maximum atomic E-state index is 11.8. The zero-order valence-corrected chi connectivity index (χ0v) is 13.8. The number of aromatic hydroxyl groups is 1. The molecular weight excluding hydrogens is 306 g/mol. The predicted octanol–water partition coefficient (Wildman–Crippen LogP) is 2.78. The van der Waals surface area contributed by atoms with Gasteiger partial charge in [-0.25, -0.2) is 0 Å². The van der Waals surface area contributed by atoms with E-state index in [0.717, 1.165) is 23.3 Å². The minimum atomic E-state index is -0.176. The van der Waals surface area contributed by atoms with Gasteiger partial charge in [-0.3, -0.25) is 4.79 Å². The lowest BCUT2D eigenvalue weighted by Crippen LogP contribution is -2.23.